The highest BCUT2D eigenvalue weighted by atomic mass is 16.2. The van der Waals surface area contributed by atoms with Gasteiger partial charge in [0.15, 0.2) is 0 Å². The molecule has 2 saturated heterocycles. The van der Waals surface area contributed by atoms with Crippen LogP contribution in [-0.4, -0.2) is 54.0 Å². The molecule has 1 aromatic rings. The lowest BCUT2D eigenvalue weighted by atomic mass is 9.97. The summed E-state index contributed by atoms with van der Waals surface area (Å²) < 4.78 is 0. The largest absolute Gasteiger partial charge is 0.341 e. The standard InChI is InChI=1S/C17H24N4O2/c18-14-8-10-20(12-14)16(22)13-5-4-9-21(11-13)17(23)19-15-6-2-1-3-7-15/h1-3,6-7,13-14H,4-5,8-12,18H2,(H,19,23)/t13?,14-/m1/s1. The van der Waals surface area contributed by atoms with Gasteiger partial charge in [-0.3, -0.25) is 4.79 Å². The average Bonchev–Trinajstić information content (AvgIpc) is 3.01. The highest BCUT2D eigenvalue weighted by molar-refractivity contribution is 5.90. The minimum atomic E-state index is -0.133. The second kappa shape index (κ2) is 7.00. The zero-order valence-corrected chi connectivity index (χ0v) is 13.3. The summed E-state index contributed by atoms with van der Waals surface area (Å²) in [6.07, 6.45) is 2.58. The number of benzene rings is 1. The van der Waals surface area contributed by atoms with Crippen molar-refractivity contribution in [2.24, 2.45) is 11.7 Å². The number of anilines is 1. The van der Waals surface area contributed by atoms with Gasteiger partial charge in [-0.05, 0) is 31.4 Å². The maximum Gasteiger partial charge on any atom is 0.321 e. The lowest BCUT2D eigenvalue weighted by Crippen LogP contribution is -2.47. The number of rotatable bonds is 2. The summed E-state index contributed by atoms with van der Waals surface area (Å²) in [6.45, 7) is 2.57. The molecule has 3 N–H and O–H groups in total. The Labute approximate surface area is 136 Å². The lowest BCUT2D eigenvalue weighted by Gasteiger charge is -2.34. The molecule has 2 fully saturated rings. The van der Waals surface area contributed by atoms with E-state index in [4.69, 9.17) is 5.73 Å². The van der Waals surface area contributed by atoms with Crippen molar-refractivity contribution in [1.29, 1.82) is 0 Å². The first-order valence-corrected chi connectivity index (χ1v) is 8.29. The van der Waals surface area contributed by atoms with Crippen LogP contribution in [0.25, 0.3) is 0 Å². The number of amides is 3. The molecule has 2 atom stereocenters. The molecule has 6 nitrogen and oxygen atoms in total. The van der Waals surface area contributed by atoms with Crippen molar-refractivity contribution >= 4 is 17.6 Å². The number of likely N-dealkylation sites (tertiary alicyclic amines) is 2. The van der Waals surface area contributed by atoms with Crippen LogP contribution in [0.15, 0.2) is 30.3 Å². The predicted octanol–water partition coefficient (Wildman–Crippen LogP) is 1.49. The Kier molecular flexibility index (Phi) is 4.81. The maximum absolute atomic E-state index is 12.6. The molecule has 1 aromatic carbocycles. The van der Waals surface area contributed by atoms with E-state index < -0.39 is 0 Å². The molecule has 124 valence electrons. The van der Waals surface area contributed by atoms with Crippen molar-refractivity contribution in [1.82, 2.24) is 9.80 Å². The fourth-order valence-electron chi connectivity index (χ4n) is 3.33. The van der Waals surface area contributed by atoms with Crippen LogP contribution in [0.4, 0.5) is 10.5 Å². The molecule has 3 rings (SSSR count). The van der Waals surface area contributed by atoms with Crippen LogP contribution < -0.4 is 11.1 Å². The van der Waals surface area contributed by atoms with Crippen LogP contribution in [0.5, 0.6) is 0 Å². The number of nitrogens with two attached hydrogens (primary N) is 1. The van der Waals surface area contributed by atoms with Crippen LogP contribution in [-0.2, 0) is 4.79 Å². The highest BCUT2D eigenvalue weighted by Crippen LogP contribution is 2.22. The number of piperidine rings is 1. The minimum Gasteiger partial charge on any atom is -0.341 e. The molecule has 0 aromatic heterocycles. The lowest BCUT2D eigenvalue weighted by molar-refractivity contribution is -0.135. The van der Waals surface area contributed by atoms with Gasteiger partial charge in [0.05, 0.1) is 5.92 Å². The van der Waals surface area contributed by atoms with Gasteiger partial charge in [-0.2, -0.15) is 0 Å². The van der Waals surface area contributed by atoms with Gasteiger partial charge in [0.1, 0.15) is 0 Å². The number of urea groups is 1. The Balaban J connectivity index is 1.57. The molecular formula is C17H24N4O2. The van der Waals surface area contributed by atoms with E-state index in [0.29, 0.717) is 19.6 Å². The van der Waals surface area contributed by atoms with Crippen molar-refractivity contribution < 1.29 is 9.59 Å². The predicted molar refractivity (Wildman–Crippen MR) is 88.9 cm³/mol. The van der Waals surface area contributed by atoms with Crippen molar-refractivity contribution in [2.75, 3.05) is 31.5 Å². The van der Waals surface area contributed by atoms with Crippen LogP contribution in [0, 0.1) is 5.92 Å². The molecule has 0 radical (unpaired) electrons. The van der Waals surface area contributed by atoms with E-state index in [1.165, 1.54) is 0 Å². The third kappa shape index (κ3) is 3.82. The monoisotopic (exact) mass is 316 g/mol. The number of hydrogen-bond donors (Lipinski definition) is 2. The first kappa shape index (κ1) is 15.8. The quantitative estimate of drug-likeness (QED) is 0.867. The number of carbonyl (C=O) groups excluding carboxylic acids is 2. The molecule has 3 amide bonds. The first-order valence-electron chi connectivity index (χ1n) is 8.29. The number of hydrogen-bond acceptors (Lipinski definition) is 3. The molecular weight excluding hydrogens is 292 g/mol. The van der Waals surface area contributed by atoms with Gasteiger partial charge in [-0.1, -0.05) is 18.2 Å². The second-order valence-corrected chi connectivity index (χ2v) is 6.41. The van der Waals surface area contributed by atoms with Crippen molar-refractivity contribution in [3.05, 3.63) is 30.3 Å². The van der Waals surface area contributed by atoms with Crippen molar-refractivity contribution in [2.45, 2.75) is 25.3 Å². The molecule has 0 saturated carbocycles. The Hall–Kier alpha value is -2.08. The Morgan fingerprint density at radius 2 is 1.83 bits per heavy atom. The summed E-state index contributed by atoms with van der Waals surface area (Å²) >= 11 is 0. The van der Waals surface area contributed by atoms with E-state index in [0.717, 1.165) is 31.5 Å². The normalized spacial score (nSPS) is 24.6. The molecule has 2 aliphatic heterocycles. The summed E-state index contributed by atoms with van der Waals surface area (Å²) in [5, 5.41) is 2.89. The fraction of sp³-hybridized carbons (Fsp3) is 0.529. The first-order chi connectivity index (χ1) is 11.1. The zero-order chi connectivity index (χ0) is 16.2. The van der Waals surface area contributed by atoms with Gasteiger partial charge in [0.25, 0.3) is 0 Å². The number of para-hydroxylation sites is 1. The van der Waals surface area contributed by atoms with Crippen LogP contribution >= 0.6 is 0 Å². The second-order valence-electron chi connectivity index (χ2n) is 6.41. The van der Waals surface area contributed by atoms with Gasteiger partial charge in [-0.15, -0.1) is 0 Å². The van der Waals surface area contributed by atoms with E-state index in [9.17, 15) is 9.59 Å². The number of nitrogens with zero attached hydrogens (tertiary/aromatic N) is 2. The SMILES string of the molecule is N[C@@H]1CCN(C(=O)C2CCCN(C(=O)Nc3ccccc3)C2)C1. The molecule has 0 spiro atoms. The van der Waals surface area contributed by atoms with Gasteiger partial charge < -0.3 is 20.9 Å². The Bertz CT molecular complexity index is 563. The van der Waals surface area contributed by atoms with Gasteiger partial charge in [0, 0.05) is 37.9 Å². The topological polar surface area (TPSA) is 78.7 Å². The van der Waals surface area contributed by atoms with Crippen molar-refractivity contribution in [3.8, 4) is 0 Å². The van der Waals surface area contributed by atoms with Gasteiger partial charge in [0.2, 0.25) is 5.91 Å². The van der Waals surface area contributed by atoms with Gasteiger partial charge in [-0.25, -0.2) is 4.79 Å². The summed E-state index contributed by atoms with van der Waals surface area (Å²) in [6, 6.07) is 9.36. The van der Waals surface area contributed by atoms with Crippen LogP contribution in [0.2, 0.25) is 0 Å². The molecule has 1 unspecified atom stereocenters. The van der Waals surface area contributed by atoms with Crippen LogP contribution in [0.1, 0.15) is 19.3 Å². The van der Waals surface area contributed by atoms with E-state index in [2.05, 4.69) is 5.32 Å². The maximum atomic E-state index is 12.6. The van der Waals surface area contributed by atoms with Gasteiger partial charge >= 0.3 is 6.03 Å². The smallest absolute Gasteiger partial charge is 0.321 e. The number of nitrogens with one attached hydrogen (secondary N) is 1. The third-order valence-corrected chi connectivity index (χ3v) is 4.62. The van der Waals surface area contributed by atoms with Crippen LogP contribution in [0.3, 0.4) is 0 Å². The summed E-state index contributed by atoms with van der Waals surface area (Å²) in [4.78, 5) is 28.6. The minimum absolute atomic E-state index is 0.0972. The fourth-order valence-corrected chi connectivity index (χ4v) is 3.33. The third-order valence-electron chi connectivity index (χ3n) is 4.62. The molecule has 2 heterocycles. The summed E-state index contributed by atoms with van der Waals surface area (Å²) in [7, 11) is 0. The molecule has 0 bridgehead atoms. The highest BCUT2D eigenvalue weighted by Gasteiger charge is 2.33. The molecule has 2 aliphatic rings. The Morgan fingerprint density at radius 1 is 1.04 bits per heavy atom. The zero-order valence-electron chi connectivity index (χ0n) is 13.3. The molecule has 6 heteroatoms. The summed E-state index contributed by atoms with van der Waals surface area (Å²) in [5.74, 6) is 0.0470. The molecule has 23 heavy (non-hydrogen) atoms. The van der Waals surface area contributed by atoms with Crippen molar-refractivity contribution in [3.63, 3.8) is 0 Å². The Morgan fingerprint density at radius 3 is 2.52 bits per heavy atom. The van der Waals surface area contributed by atoms with E-state index >= 15 is 0 Å². The van der Waals surface area contributed by atoms with E-state index in [1.54, 1.807) is 4.90 Å². The van der Waals surface area contributed by atoms with E-state index in [-0.39, 0.29) is 23.9 Å². The number of carbonyl (C=O) groups is 2. The average molecular weight is 316 g/mol. The summed E-state index contributed by atoms with van der Waals surface area (Å²) in [5.41, 5.74) is 6.66. The molecule has 0 aliphatic carbocycles. The van der Waals surface area contributed by atoms with E-state index in [1.807, 2.05) is 35.2 Å².